The summed E-state index contributed by atoms with van der Waals surface area (Å²) in [6, 6.07) is 4.64. The largest absolute Gasteiger partial charge is 0.493 e. The molecule has 2 heterocycles. The van der Waals surface area contributed by atoms with Crippen LogP contribution >= 0.6 is 0 Å². The normalized spacial score (nSPS) is 25.3. The fourth-order valence-electron chi connectivity index (χ4n) is 4.74. The zero-order valence-electron chi connectivity index (χ0n) is 16.4. The van der Waals surface area contributed by atoms with Gasteiger partial charge in [-0.15, -0.1) is 0 Å². The van der Waals surface area contributed by atoms with Crippen LogP contribution in [0.25, 0.3) is 0 Å². The van der Waals surface area contributed by atoms with Crippen molar-refractivity contribution in [2.45, 2.75) is 39.2 Å². The lowest BCUT2D eigenvalue weighted by Crippen LogP contribution is -2.47. The second kappa shape index (κ2) is 8.30. The van der Waals surface area contributed by atoms with Crippen molar-refractivity contribution in [1.29, 1.82) is 0 Å². The third kappa shape index (κ3) is 3.83. The molecule has 0 radical (unpaired) electrons. The minimum atomic E-state index is 0.363. The van der Waals surface area contributed by atoms with Crippen LogP contribution in [0.3, 0.4) is 0 Å². The molecule has 1 aromatic carbocycles. The van der Waals surface area contributed by atoms with Gasteiger partial charge in [0.25, 0.3) is 6.47 Å². The Bertz CT molecular complexity index is 631. The fourth-order valence-corrected chi connectivity index (χ4v) is 4.74. The van der Waals surface area contributed by atoms with Gasteiger partial charge in [-0.2, -0.15) is 0 Å². The highest BCUT2D eigenvalue weighted by Crippen LogP contribution is 2.45. The Labute approximate surface area is 156 Å². The summed E-state index contributed by atoms with van der Waals surface area (Å²) in [4.78, 5) is 13.4. The summed E-state index contributed by atoms with van der Waals surface area (Å²) in [6.45, 7) is 7.79. The SMILES string of the molecule is COc1cc2c(cc1OC)C1CC(COC=O)C(CC(C)C)CN1CC2. The number of hydrogen-bond acceptors (Lipinski definition) is 5. The van der Waals surface area contributed by atoms with Gasteiger partial charge >= 0.3 is 0 Å². The van der Waals surface area contributed by atoms with E-state index in [9.17, 15) is 4.79 Å². The Morgan fingerprint density at radius 1 is 1.19 bits per heavy atom. The Balaban J connectivity index is 1.88. The van der Waals surface area contributed by atoms with E-state index in [4.69, 9.17) is 14.2 Å². The third-order valence-corrected chi connectivity index (χ3v) is 5.93. The minimum Gasteiger partial charge on any atom is -0.493 e. The predicted molar refractivity (Wildman–Crippen MR) is 101 cm³/mol. The number of nitrogens with zero attached hydrogens (tertiary/aromatic N) is 1. The number of hydrogen-bond donors (Lipinski definition) is 0. The van der Waals surface area contributed by atoms with E-state index in [0.29, 0.717) is 36.9 Å². The molecule has 1 saturated heterocycles. The first-order valence-corrected chi connectivity index (χ1v) is 9.61. The van der Waals surface area contributed by atoms with Gasteiger partial charge in [-0.3, -0.25) is 9.69 Å². The molecule has 0 saturated carbocycles. The fraction of sp³-hybridized carbons (Fsp3) is 0.667. The van der Waals surface area contributed by atoms with E-state index in [1.165, 1.54) is 17.5 Å². The van der Waals surface area contributed by atoms with Crippen molar-refractivity contribution in [3.05, 3.63) is 23.3 Å². The van der Waals surface area contributed by atoms with Gasteiger partial charge in [0.2, 0.25) is 0 Å². The highest BCUT2D eigenvalue weighted by molar-refractivity contribution is 5.49. The van der Waals surface area contributed by atoms with Crippen LogP contribution in [0.4, 0.5) is 0 Å². The summed E-state index contributed by atoms with van der Waals surface area (Å²) in [6.07, 6.45) is 3.23. The number of benzene rings is 1. The molecule has 0 aliphatic carbocycles. The van der Waals surface area contributed by atoms with Gasteiger partial charge < -0.3 is 14.2 Å². The van der Waals surface area contributed by atoms with Crippen LogP contribution in [0.1, 0.15) is 43.9 Å². The summed E-state index contributed by atoms with van der Waals surface area (Å²) in [7, 11) is 3.37. The number of fused-ring (bicyclic) bond motifs is 3. The van der Waals surface area contributed by atoms with Crippen LogP contribution in [-0.4, -0.2) is 45.3 Å². The predicted octanol–water partition coefficient (Wildman–Crippen LogP) is 3.46. The monoisotopic (exact) mass is 361 g/mol. The van der Waals surface area contributed by atoms with E-state index < -0.39 is 0 Å². The first kappa shape index (κ1) is 19.0. The molecule has 0 amide bonds. The van der Waals surface area contributed by atoms with Crippen LogP contribution in [0.15, 0.2) is 12.1 Å². The number of ether oxygens (including phenoxy) is 3. The van der Waals surface area contributed by atoms with E-state index in [1.54, 1.807) is 14.2 Å². The van der Waals surface area contributed by atoms with Gasteiger partial charge in [0.15, 0.2) is 11.5 Å². The summed E-state index contributed by atoms with van der Waals surface area (Å²) < 4.78 is 16.2. The summed E-state index contributed by atoms with van der Waals surface area (Å²) >= 11 is 0. The van der Waals surface area contributed by atoms with E-state index in [2.05, 4.69) is 30.9 Å². The van der Waals surface area contributed by atoms with E-state index in [0.717, 1.165) is 37.4 Å². The zero-order valence-corrected chi connectivity index (χ0v) is 16.4. The molecule has 3 unspecified atom stereocenters. The van der Waals surface area contributed by atoms with Crippen molar-refractivity contribution in [2.75, 3.05) is 33.9 Å². The van der Waals surface area contributed by atoms with Gasteiger partial charge in [0.05, 0.1) is 20.8 Å². The lowest BCUT2D eigenvalue weighted by atomic mass is 9.74. The van der Waals surface area contributed by atoms with Gasteiger partial charge in [0, 0.05) is 19.1 Å². The molecular weight excluding hydrogens is 330 g/mol. The van der Waals surface area contributed by atoms with E-state index in [-0.39, 0.29) is 0 Å². The lowest BCUT2D eigenvalue weighted by molar-refractivity contribution is -0.131. The quantitative estimate of drug-likeness (QED) is 0.696. The maximum Gasteiger partial charge on any atom is 0.293 e. The summed E-state index contributed by atoms with van der Waals surface area (Å²) in [5.74, 6) is 3.22. The Morgan fingerprint density at radius 3 is 2.58 bits per heavy atom. The molecule has 1 fully saturated rings. The maximum absolute atomic E-state index is 10.7. The maximum atomic E-state index is 10.7. The average molecular weight is 361 g/mol. The van der Waals surface area contributed by atoms with Crippen LogP contribution in [0.5, 0.6) is 11.5 Å². The molecule has 2 aliphatic rings. The molecule has 5 nitrogen and oxygen atoms in total. The Hall–Kier alpha value is -1.75. The van der Waals surface area contributed by atoms with Crippen molar-refractivity contribution in [3.63, 3.8) is 0 Å². The number of carbonyl (C=O) groups is 1. The van der Waals surface area contributed by atoms with Crippen molar-refractivity contribution in [3.8, 4) is 11.5 Å². The molecule has 144 valence electrons. The van der Waals surface area contributed by atoms with Gasteiger partial charge in [-0.1, -0.05) is 13.8 Å². The number of carbonyl (C=O) groups excluding carboxylic acids is 1. The molecule has 0 N–H and O–H groups in total. The molecule has 3 rings (SSSR count). The smallest absolute Gasteiger partial charge is 0.293 e. The minimum absolute atomic E-state index is 0.363. The van der Waals surface area contributed by atoms with E-state index in [1.807, 2.05) is 0 Å². The molecule has 2 aliphatic heterocycles. The van der Waals surface area contributed by atoms with Crippen LogP contribution < -0.4 is 9.47 Å². The standard InChI is InChI=1S/C21H31NO4/c1-14(2)7-16-11-22-6-5-15-9-20(24-3)21(25-4)10-18(15)19(22)8-17(16)12-26-13-23/h9-10,13-14,16-17,19H,5-8,11-12H2,1-4H3. The van der Waals surface area contributed by atoms with Gasteiger partial charge in [-0.05, 0) is 60.3 Å². The highest BCUT2D eigenvalue weighted by Gasteiger charge is 2.39. The second-order valence-corrected chi connectivity index (χ2v) is 7.98. The van der Waals surface area contributed by atoms with Crippen LogP contribution in [-0.2, 0) is 16.0 Å². The highest BCUT2D eigenvalue weighted by atomic mass is 16.5. The van der Waals surface area contributed by atoms with Crippen molar-refractivity contribution >= 4 is 6.47 Å². The number of piperidine rings is 1. The molecular formula is C21H31NO4. The third-order valence-electron chi connectivity index (χ3n) is 5.93. The average Bonchev–Trinajstić information content (AvgIpc) is 2.64. The lowest BCUT2D eigenvalue weighted by Gasteiger charge is -2.47. The van der Waals surface area contributed by atoms with Crippen molar-refractivity contribution < 1.29 is 19.0 Å². The Morgan fingerprint density at radius 2 is 1.92 bits per heavy atom. The van der Waals surface area contributed by atoms with Gasteiger partial charge in [-0.25, -0.2) is 0 Å². The topological polar surface area (TPSA) is 48.0 Å². The van der Waals surface area contributed by atoms with Crippen molar-refractivity contribution in [1.82, 2.24) is 4.90 Å². The molecule has 0 aromatic heterocycles. The Kier molecular flexibility index (Phi) is 6.07. The number of rotatable bonds is 7. The second-order valence-electron chi connectivity index (χ2n) is 7.98. The summed E-state index contributed by atoms with van der Waals surface area (Å²) in [5.41, 5.74) is 2.69. The molecule has 0 bridgehead atoms. The first-order valence-electron chi connectivity index (χ1n) is 9.61. The zero-order chi connectivity index (χ0) is 18.7. The van der Waals surface area contributed by atoms with Crippen molar-refractivity contribution in [2.24, 2.45) is 17.8 Å². The molecule has 5 heteroatoms. The molecule has 26 heavy (non-hydrogen) atoms. The van der Waals surface area contributed by atoms with E-state index >= 15 is 0 Å². The first-order chi connectivity index (χ1) is 12.6. The molecule has 3 atom stereocenters. The molecule has 0 spiro atoms. The van der Waals surface area contributed by atoms with Crippen LogP contribution in [0.2, 0.25) is 0 Å². The molecule has 1 aromatic rings. The number of methoxy groups -OCH3 is 2. The van der Waals surface area contributed by atoms with Gasteiger partial charge in [0.1, 0.15) is 0 Å². The summed E-state index contributed by atoms with van der Waals surface area (Å²) in [5, 5.41) is 0. The van der Waals surface area contributed by atoms with Crippen LogP contribution in [0, 0.1) is 17.8 Å².